The predicted molar refractivity (Wildman–Crippen MR) is 65.5 cm³/mol. The molecule has 0 aliphatic rings. The highest BCUT2D eigenvalue weighted by Crippen LogP contribution is 2.21. The van der Waals surface area contributed by atoms with Gasteiger partial charge >= 0.3 is 0 Å². The smallest absolute Gasteiger partial charge is 0.148 e. The fourth-order valence-electron chi connectivity index (χ4n) is 1.20. The average molecular weight is 328 g/mol. The van der Waals surface area contributed by atoms with E-state index >= 15 is 0 Å². The Kier molecular flexibility index (Phi) is 5.03. The first kappa shape index (κ1) is 14.5. The van der Waals surface area contributed by atoms with Crippen molar-refractivity contribution < 1.29 is 17.2 Å². The summed E-state index contributed by atoms with van der Waals surface area (Å²) in [5, 5.41) is 2.69. The van der Waals surface area contributed by atoms with Crippen molar-refractivity contribution in [2.45, 2.75) is 6.54 Å². The summed E-state index contributed by atoms with van der Waals surface area (Å²) in [6, 6.07) is 2.44. The molecule has 0 bridgehead atoms. The minimum absolute atomic E-state index is 0.0490. The van der Waals surface area contributed by atoms with Crippen LogP contribution in [0.2, 0.25) is 0 Å². The molecule has 0 radical (unpaired) electrons. The Labute approximate surface area is 107 Å². The third-order valence-electron chi connectivity index (χ3n) is 2.09. The Balaban J connectivity index is 2.61. The lowest BCUT2D eigenvalue weighted by Crippen LogP contribution is -2.23. The summed E-state index contributed by atoms with van der Waals surface area (Å²) in [6.07, 6.45) is 1.11. The second-order valence-electron chi connectivity index (χ2n) is 3.63. The maximum absolute atomic E-state index is 13.5. The molecule has 1 aromatic rings. The molecule has 0 unspecified atom stereocenters. The molecule has 17 heavy (non-hydrogen) atoms. The highest BCUT2D eigenvalue weighted by molar-refractivity contribution is 9.10. The minimum Gasteiger partial charge on any atom is -0.311 e. The van der Waals surface area contributed by atoms with Crippen LogP contribution < -0.4 is 5.32 Å². The van der Waals surface area contributed by atoms with Crippen molar-refractivity contribution in [1.29, 1.82) is 0 Å². The van der Waals surface area contributed by atoms with Crippen LogP contribution in [0.25, 0.3) is 0 Å². The highest BCUT2D eigenvalue weighted by Gasteiger charge is 2.11. The molecule has 0 atom stereocenters. The Hall–Kier alpha value is -0.530. The number of halogens is 3. The van der Waals surface area contributed by atoms with Crippen molar-refractivity contribution in [3.8, 4) is 0 Å². The lowest BCUT2D eigenvalue weighted by Gasteiger charge is -2.07. The Morgan fingerprint density at radius 1 is 1.35 bits per heavy atom. The fraction of sp³-hybridized carbons (Fsp3) is 0.400. The summed E-state index contributed by atoms with van der Waals surface area (Å²) in [6.45, 7) is 0.108. The first-order valence-electron chi connectivity index (χ1n) is 4.82. The van der Waals surface area contributed by atoms with Crippen LogP contribution >= 0.6 is 15.9 Å². The molecule has 0 aliphatic carbocycles. The summed E-state index contributed by atoms with van der Waals surface area (Å²) in [7, 11) is -3.07. The Morgan fingerprint density at radius 2 is 2.00 bits per heavy atom. The van der Waals surface area contributed by atoms with E-state index in [1.807, 2.05) is 0 Å². The molecule has 0 heterocycles. The third-order valence-corrected chi connectivity index (χ3v) is 3.65. The minimum atomic E-state index is -3.07. The molecule has 0 fully saturated rings. The molecule has 0 aromatic heterocycles. The molecular weight excluding hydrogens is 316 g/mol. The molecule has 0 saturated carbocycles. The van der Waals surface area contributed by atoms with Gasteiger partial charge < -0.3 is 5.32 Å². The number of rotatable bonds is 5. The summed E-state index contributed by atoms with van der Waals surface area (Å²) < 4.78 is 48.6. The zero-order valence-corrected chi connectivity index (χ0v) is 11.5. The molecule has 1 N–H and O–H groups in total. The average Bonchev–Trinajstić information content (AvgIpc) is 2.21. The van der Waals surface area contributed by atoms with Crippen LogP contribution in [0.3, 0.4) is 0 Å². The Bertz CT molecular complexity index is 505. The molecule has 3 nitrogen and oxygen atoms in total. The summed E-state index contributed by atoms with van der Waals surface area (Å²) in [5.74, 6) is -1.39. The third kappa shape index (κ3) is 4.69. The maximum atomic E-state index is 13.5. The van der Waals surface area contributed by atoms with E-state index in [2.05, 4.69) is 21.2 Å². The molecule has 0 spiro atoms. The van der Waals surface area contributed by atoms with Crippen LogP contribution in [-0.4, -0.2) is 27.0 Å². The van der Waals surface area contributed by atoms with Gasteiger partial charge in [-0.3, -0.25) is 0 Å². The molecule has 1 aromatic carbocycles. The van der Waals surface area contributed by atoms with Gasteiger partial charge in [0, 0.05) is 24.9 Å². The van der Waals surface area contributed by atoms with Gasteiger partial charge in [-0.1, -0.05) is 0 Å². The van der Waals surface area contributed by atoms with Crippen molar-refractivity contribution in [3.63, 3.8) is 0 Å². The largest absolute Gasteiger partial charge is 0.311 e. The van der Waals surface area contributed by atoms with Crippen molar-refractivity contribution in [1.82, 2.24) is 5.32 Å². The van der Waals surface area contributed by atoms with E-state index < -0.39 is 21.5 Å². The lowest BCUT2D eigenvalue weighted by atomic mass is 10.2. The molecule has 1 rings (SSSR count). The van der Waals surface area contributed by atoms with Gasteiger partial charge in [-0.05, 0) is 28.1 Å². The quantitative estimate of drug-likeness (QED) is 0.663. The first-order chi connectivity index (χ1) is 7.81. The van der Waals surface area contributed by atoms with Crippen LogP contribution in [0.1, 0.15) is 5.56 Å². The van der Waals surface area contributed by atoms with E-state index in [-0.39, 0.29) is 28.9 Å². The van der Waals surface area contributed by atoms with Crippen molar-refractivity contribution in [2.75, 3.05) is 18.6 Å². The first-order valence-corrected chi connectivity index (χ1v) is 7.67. The lowest BCUT2D eigenvalue weighted by molar-refractivity contribution is 0.535. The Morgan fingerprint density at radius 3 is 2.59 bits per heavy atom. The van der Waals surface area contributed by atoms with Crippen molar-refractivity contribution >= 4 is 25.8 Å². The fourth-order valence-corrected chi connectivity index (χ4v) is 2.09. The predicted octanol–water partition coefficient (Wildman–Crippen LogP) is 1.86. The van der Waals surface area contributed by atoms with E-state index in [0.29, 0.717) is 0 Å². The summed E-state index contributed by atoms with van der Waals surface area (Å²) >= 11 is 2.96. The molecular formula is C10H12BrF2NO2S. The molecule has 0 aliphatic heterocycles. The molecule has 0 amide bonds. The zero-order valence-electron chi connectivity index (χ0n) is 9.13. The monoisotopic (exact) mass is 327 g/mol. The van der Waals surface area contributed by atoms with Crippen LogP contribution in [0, 0.1) is 11.6 Å². The number of nitrogens with one attached hydrogen (secondary N) is 1. The second kappa shape index (κ2) is 5.88. The van der Waals surface area contributed by atoms with E-state index in [1.165, 1.54) is 6.07 Å². The van der Waals surface area contributed by atoms with Gasteiger partial charge in [0.15, 0.2) is 0 Å². The maximum Gasteiger partial charge on any atom is 0.148 e. The van der Waals surface area contributed by atoms with Gasteiger partial charge in [0.05, 0.1) is 10.2 Å². The van der Waals surface area contributed by atoms with Gasteiger partial charge in [0.2, 0.25) is 0 Å². The summed E-state index contributed by atoms with van der Waals surface area (Å²) in [4.78, 5) is 0. The molecule has 7 heteroatoms. The number of hydrogen-bond donors (Lipinski definition) is 1. The van der Waals surface area contributed by atoms with Crippen molar-refractivity contribution in [3.05, 3.63) is 33.8 Å². The van der Waals surface area contributed by atoms with E-state index in [9.17, 15) is 17.2 Å². The number of sulfone groups is 1. The normalized spacial score (nSPS) is 11.8. The van der Waals surface area contributed by atoms with Crippen LogP contribution in [0.5, 0.6) is 0 Å². The van der Waals surface area contributed by atoms with Gasteiger partial charge in [0.25, 0.3) is 0 Å². The molecule has 96 valence electrons. The topological polar surface area (TPSA) is 46.2 Å². The summed E-state index contributed by atoms with van der Waals surface area (Å²) in [5.41, 5.74) is -0.104. The van der Waals surface area contributed by atoms with E-state index in [0.717, 1.165) is 12.3 Å². The van der Waals surface area contributed by atoms with Crippen molar-refractivity contribution in [2.24, 2.45) is 0 Å². The number of hydrogen-bond acceptors (Lipinski definition) is 3. The van der Waals surface area contributed by atoms with Gasteiger partial charge in [-0.15, -0.1) is 0 Å². The highest BCUT2D eigenvalue weighted by atomic mass is 79.9. The van der Waals surface area contributed by atoms with E-state index in [1.54, 1.807) is 0 Å². The van der Waals surface area contributed by atoms with Crippen LogP contribution in [-0.2, 0) is 16.4 Å². The molecule has 0 saturated heterocycles. The van der Waals surface area contributed by atoms with Gasteiger partial charge in [-0.2, -0.15) is 0 Å². The number of benzene rings is 1. The van der Waals surface area contributed by atoms with E-state index in [4.69, 9.17) is 0 Å². The SMILES string of the molecule is CS(=O)(=O)CCNCc1c(F)ccc(Br)c1F. The second-order valence-corrected chi connectivity index (χ2v) is 6.74. The van der Waals surface area contributed by atoms with Gasteiger partial charge in [0.1, 0.15) is 21.5 Å². The standard InChI is InChI=1S/C10H12BrF2NO2S/c1-17(15,16)5-4-14-6-7-9(12)3-2-8(11)10(7)13/h2-3,14H,4-6H2,1H3. The van der Waals surface area contributed by atoms with Crippen LogP contribution in [0.4, 0.5) is 8.78 Å². The van der Waals surface area contributed by atoms with Gasteiger partial charge in [-0.25, -0.2) is 17.2 Å². The van der Waals surface area contributed by atoms with Crippen LogP contribution in [0.15, 0.2) is 16.6 Å². The zero-order chi connectivity index (χ0) is 13.1.